The summed E-state index contributed by atoms with van der Waals surface area (Å²) < 4.78 is 5.27. The summed E-state index contributed by atoms with van der Waals surface area (Å²) in [7, 11) is 0. The maximum Gasteiger partial charge on any atom is 0.411 e. The zero-order valence-electron chi connectivity index (χ0n) is 14.5. The fourth-order valence-corrected chi connectivity index (χ4v) is 3.18. The molecule has 0 unspecified atom stereocenters. The summed E-state index contributed by atoms with van der Waals surface area (Å²) in [5, 5.41) is 21.8. The van der Waals surface area contributed by atoms with Crippen molar-refractivity contribution in [2.24, 2.45) is 5.92 Å². The molecular weight excluding hydrogens is 316 g/mol. The third-order valence-electron chi connectivity index (χ3n) is 4.54. The molecule has 0 spiro atoms. The van der Waals surface area contributed by atoms with E-state index in [1.54, 1.807) is 20.8 Å². The minimum absolute atomic E-state index is 0.00965. The highest BCUT2D eigenvalue weighted by atomic mass is 16.6. The van der Waals surface area contributed by atoms with Gasteiger partial charge in [0, 0.05) is 6.42 Å². The number of aliphatic carboxylic acids is 1. The second kappa shape index (κ2) is 6.23. The van der Waals surface area contributed by atoms with Gasteiger partial charge in [-0.3, -0.25) is 9.69 Å². The van der Waals surface area contributed by atoms with Crippen LogP contribution in [-0.4, -0.2) is 62.9 Å². The van der Waals surface area contributed by atoms with E-state index in [1.807, 2.05) is 6.92 Å². The van der Waals surface area contributed by atoms with E-state index < -0.39 is 41.3 Å². The van der Waals surface area contributed by atoms with Crippen molar-refractivity contribution in [3.8, 4) is 0 Å². The summed E-state index contributed by atoms with van der Waals surface area (Å²) in [6.07, 6.45) is -0.430. The van der Waals surface area contributed by atoms with Gasteiger partial charge < -0.3 is 20.3 Å². The number of amides is 2. The quantitative estimate of drug-likeness (QED) is 0.693. The number of likely N-dealkylation sites (tertiary alicyclic amines) is 1. The summed E-state index contributed by atoms with van der Waals surface area (Å²) in [6, 6.07) is -0.927. The molecule has 1 saturated heterocycles. The molecule has 0 aromatic rings. The molecule has 1 aliphatic heterocycles. The number of hydrogen-bond donors (Lipinski definition) is 3. The Bertz CT molecular complexity index is 543. The first kappa shape index (κ1) is 18.5. The van der Waals surface area contributed by atoms with Crippen LogP contribution in [0.4, 0.5) is 4.79 Å². The molecule has 8 nitrogen and oxygen atoms in total. The topological polar surface area (TPSA) is 116 Å². The minimum atomic E-state index is -1.25. The Morgan fingerprint density at radius 1 is 1.33 bits per heavy atom. The maximum atomic E-state index is 12.6. The molecule has 1 aliphatic carbocycles. The van der Waals surface area contributed by atoms with Crippen LogP contribution < -0.4 is 5.32 Å². The van der Waals surface area contributed by atoms with Crippen molar-refractivity contribution in [2.75, 3.05) is 6.54 Å². The number of nitrogens with zero attached hydrogens (tertiary/aromatic N) is 1. The molecule has 0 aromatic carbocycles. The van der Waals surface area contributed by atoms with Gasteiger partial charge in [-0.25, -0.2) is 9.59 Å². The molecule has 136 valence electrons. The van der Waals surface area contributed by atoms with E-state index in [9.17, 15) is 24.6 Å². The Hall–Kier alpha value is -1.83. The molecule has 3 N–H and O–H groups in total. The minimum Gasteiger partial charge on any atom is -0.479 e. The second-order valence-corrected chi connectivity index (χ2v) is 7.61. The molecule has 0 radical (unpaired) electrons. The number of aliphatic hydroxyl groups is 1. The number of nitrogens with one attached hydrogen (secondary N) is 1. The van der Waals surface area contributed by atoms with Crippen molar-refractivity contribution in [3.05, 3.63) is 0 Å². The lowest BCUT2D eigenvalue weighted by atomic mass is 10.1. The number of hydrogen-bond acceptors (Lipinski definition) is 5. The lowest BCUT2D eigenvalue weighted by molar-refractivity contribution is -0.144. The molecule has 1 saturated carbocycles. The van der Waals surface area contributed by atoms with Crippen molar-refractivity contribution < 1.29 is 29.3 Å². The predicted octanol–water partition coefficient (Wildman–Crippen LogP) is 0.726. The Morgan fingerprint density at radius 2 is 1.96 bits per heavy atom. The number of carbonyl (C=O) groups excluding carboxylic acids is 2. The van der Waals surface area contributed by atoms with Crippen molar-refractivity contribution >= 4 is 18.0 Å². The first-order valence-corrected chi connectivity index (χ1v) is 8.23. The smallest absolute Gasteiger partial charge is 0.411 e. The number of carbonyl (C=O) groups is 3. The highest BCUT2D eigenvalue weighted by Gasteiger charge is 2.61. The monoisotopic (exact) mass is 342 g/mol. The Morgan fingerprint density at radius 3 is 2.42 bits per heavy atom. The number of carboxylic acids is 1. The summed E-state index contributed by atoms with van der Waals surface area (Å²) in [5.41, 5.74) is -1.98. The first-order chi connectivity index (χ1) is 11.0. The average Bonchev–Trinajstić information content (AvgIpc) is 3.01. The van der Waals surface area contributed by atoms with Gasteiger partial charge in [0.05, 0.1) is 12.6 Å². The molecule has 2 aliphatic rings. The summed E-state index contributed by atoms with van der Waals surface area (Å²) in [5.74, 6) is -1.74. The summed E-state index contributed by atoms with van der Waals surface area (Å²) in [6.45, 7) is 6.99. The molecule has 0 aromatic heterocycles. The van der Waals surface area contributed by atoms with Crippen molar-refractivity contribution in [3.63, 3.8) is 0 Å². The fourth-order valence-electron chi connectivity index (χ4n) is 3.18. The van der Waals surface area contributed by atoms with Crippen LogP contribution in [-0.2, 0) is 14.3 Å². The van der Waals surface area contributed by atoms with E-state index in [1.165, 1.54) is 4.90 Å². The van der Waals surface area contributed by atoms with E-state index in [-0.39, 0.29) is 18.9 Å². The zero-order chi connectivity index (χ0) is 18.3. The Labute approximate surface area is 141 Å². The van der Waals surface area contributed by atoms with Gasteiger partial charge in [-0.05, 0) is 33.1 Å². The number of ether oxygens (including phenoxy) is 1. The third kappa shape index (κ3) is 3.63. The van der Waals surface area contributed by atoms with Crippen molar-refractivity contribution in [2.45, 2.75) is 70.2 Å². The van der Waals surface area contributed by atoms with Crippen LogP contribution in [0.25, 0.3) is 0 Å². The normalized spacial score (nSPS) is 32.4. The number of rotatable bonds is 4. The number of aliphatic hydroxyl groups excluding tert-OH is 1. The molecular formula is C16H26N2O6. The van der Waals surface area contributed by atoms with Gasteiger partial charge in [0.25, 0.3) is 0 Å². The van der Waals surface area contributed by atoms with E-state index in [0.29, 0.717) is 12.8 Å². The summed E-state index contributed by atoms with van der Waals surface area (Å²) in [4.78, 5) is 37.5. The van der Waals surface area contributed by atoms with Crippen LogP contribution in [0.2, 0.25) is 0 Å². The predicted molar refractivity (Wildman–Crippen MR) is 84.3 cm³/mol. The van der Waals surface area contributed by atoms with Crippen LogP contribution >= 0.6 is 0 Å². The van der Waals surface area contributed by atoms with Crippen LogP contribution in [0.1, 0.15) is 47.0 Å². The SMILES string of the molecule is CC[C@@H]1C[C@]1(NC(=O)[C@@H]1C[C@@H](O)CN1C(=O)OC(C)(C)C)C(=O)O. The van der Waals surface area contributed by atoms with E-state index in [4.69, 9.17) is 4.74 Å². The zero-order valence-corrected chi connectivity index (χ0v) is 14.5. The molecule has 24 heavy (non-hydrogen) atoms. The Balaban J connectivity index is 2.09. The van der Waals surface area contributed by atoms with Crippen LogP contribution in [0.5, 0.6) is 0 Å². The van der Waals surface area contributed by atoms with Gasteiger partial charge in [-0.1, -0.05) is 13.3 Å². The first-order valence-electron chi connectivity index (χ1n) is 8.23. The fraction of sp³-hybridized carbons (Fsp3) is 0.812. The molecule has 2 rings (SSSR count). The molecule has 1 heterocycles. The van der Waals surface area contributed by atoms with E-state index in [2.05, 4.69) is 5.32 Å². The molecule has 2 fully saturated rings. The third-order valence-corrected chi connectivity index (χ3v) is 4.54. The lowest BCUT2D eigenvalue weighted by Crippen LogP contribution is -2.53. The van der Waals surface area contributed by atoms with Crippen molar-refractivity contribution in [1.29, 1.82) is 0 Å². The van der Waals surface area contributed by atoms with Gasteiger partial charge in [0.1, 0.15) is 17.2 Å². The standard InChI is InChI=1S/C16H26N2O6/c1-5-9-7-16(9,13(21)22)17-12(20)11-6-10(19)8-18(11)14(23)24-15(2,3)4/h9-11,19H,5-8H2,1-4H3,(H,17,20)(H,21,22)/t9-,10-,11+,16-/m1/s1. The van der Waals surface area contributed by atoms with Gasteiger partial charge in [-0.15, -0.1) is 0 Å². The maximum absolute atomic E-state index is 12.6. The summed E-state index contributed by atoms with van der Waals surface area (Å²) >= 11 is 0. The van der Waals surface area contributed by atoms with Crippen molar-refractivity contribution in [1.82, 2.24) is 10.2 Å². The van der Waals surface area contributed by atoms with Gasteiger partial charge in [0.2, 0.25) is 5.91 Å². The van der Waals surface area contributed by atoms with Crippen LogP contribution in [0.3, 0.4) is 0 Å². The second-order valence-electron chi connectivity index (χ2n) is 7.61. The highest BCUT2D eigenvalue weighted by molar-refractivity contribution is 5.93. The molecule has 4 atom stereocenters. The van der Waals surface area contributed by atoms with Gasteiger partial charge in [-0.2, -0.15) is 0 Å². The van der Waals surface area contributed by atoms with E-state index in [0.717, 1.165) is 0 Å². The number of carboxylic acid groups (broad SMARTS) is 1. The average molecular weight is 342 g/mol. The van der Waals surface area contributed by atoms with E-state index >= 15 is 0 Å². The van der Waals surface area contributed by atoms with Crippen LogP contribution in [0, 0.1) is 5.92 Å². The van der Waals surface area contributed by atoms with Crippen LogP contribution in [0.15, 0.2) is 0 Å². The molecule has 0 bridgehead atoms. The Kier molecular flexibility index (Phi) is 4.81. The molecule has 8 heteroatoms. The largest absolute Gasteiger partial charge is 0.479 e. The van der Waals surface area contributed by atoms with Gasteiger partial charge >= 0.3 is 12.1 Å². The molecule has 2 amide bonds. The number of β-amino-alcohol motifs (C(OH)–C–C–N with tert-alkyl or cyclic N) is 1. The lowest BCUT2D eigenvalue weighted by Gasteiger charge is -2.28. The van der Waals surface area contributed by atoms with Gasteiger partial charge in [0.15, 0.2) is 0 Å². The highest BCUT2D eigenvalue weighted by Crippen LogP contribution is 2.46.